The van der Waals surface area contributed by atoms with Crippen molar-refractivity contribution in [2.75, 3.05) is 13.2 Å². The van der Waals surface area contributed by atoms with Gasteiger partial charge in [0.15, 0.2) is 0 Å². The van der Waals surface area contributed by atoms with Gasteiger partial charge in [-0.15, -0.1) is 0 Å². The van der Waals surface area contributed by atoms with Gasteiger partial charge >= 0.3 is 0 Å². The van der Waals surface area contributed by atoms with Crippen LogP contribution in [-0.4, -0.2) is 25.3 Å². The molecule has 3 rings (SSSR count). The van der Waals surface area contributed by atoms with Crippen LogP contribution in [0, 0.1) is 5.41 Å². The molecular formula is C18H28N2O. The Hall–Kier alpha value is -0.900. The predicted molar refractivity (Wildman–Crippen MR) is 86.3 cm³/mol. The second kappa shape index (κ2) is 6.07. The fraction of sp³-hybridized carbons (Fsp3) is 0.667. The molecule has 0 amide bonds. The molecular weight excluding hydrogens is 260 g/mol. The summed E-state index contributed by atoms with van der Waals surface area (Å²) in [6.45, 7) is 10.6. The number of nitrogens with one attached hydrogen (secondary N) is 2. The number of benzene rings is 1. The van der Waals surface area contributed by atoms with E-state index in [4.69, 9.17) is 4.74 Å². The van der Waals surface area contributed by atoms with Crippen molar-refractivity contribution in [1.82, 2.24) is 10.6 Å². The molecule has 1 aromatic carbocycles. The Morgan fingerprint density at radius 3 is 3.00 bits per heavy atom. The van der Waals surface area contributed by atoms with E-state index in [0.29, 0.717) is 12.1 Å². The third-order valence-electron chi connectivity index (χ3n) is 5.32. The Morgan fingerprint density at radius 2 is 2.24 bits per heavy atom. The van der Waals surface area contributed by atoms with Crippen LogP contribution in [0.2, 0.25) is 0 Å². The van der Waals surface area contributed by atoms with E-state index in [-0.39, 0.29) is 5.41 Å². The lowest BCUT2D eigenvalue weighted by atomic mass is 9.64. The van der Waals surface area contributed by atoms with Gasteiger partial charge in [-0.1, -0.05) is 32.0 Å². The van der Waals surface area contributed by atoms with Crippen molar-refractivity contribution in [2.45, 2.75) is 58.8 Å². The van der Waals surface area contributed by atoms with Gasteiger partial charge in [0.1, 0.15) is 0 Å². The molecule has 1 saturated carbocycles. The van der Waals surface area contributed by atoms with Crippen LogP contribution in [0.1, 0.15) is 43.9 Å². The first-order valence-corrected chi connectivity index (χ1v) is 8.28. The molecule has 2 N–H and O–H groups in total. The number of hydrogen-bond donors (Lipinski definition) is 2. The zero-order chi connectivity index (χ0) is 14.9. The topological polar surface area (TPSA) is 33.3 Å². The molecule has 3 nitrogen and oxygen atoms in total. The molecule has 1 aliphatic heterocycles. The summed E-state index contributed by atoms with van der Waals surface area (Å²) in [7, 11) is 0. The Morgan fingerprint density at radius 1 is 1.38 bits per heavy atom. The normalized spacial score (nSPS) is 27.0. The Bertz CT molecular complexity index is 498. The van der Waals surface area contributed by atoms with E-state index in [1.807, 2.05) is 0 Å². The molecule has 0 saturated heterocycles. The van der Waals surface area contributed by atoms with Gasteiger partial charge in [0, 0.05) is 31.2 Å². The highest BCUT2D eigenvalue weighted by molar-refractivity contribution is 5.37. The molecule has 0 aromatic heterocycles. The first-order valence-electron chi connectivity index (χ1n) is 8.28. The van der Waals surface area contributed by atoms with Gasteiger partial charge in [-0.05, 0) is 43.0 Å². The van der Waals surface area contributed by atoms with Crippen molar-refractivity contribution >= 4 is 0 Å². The van der Waals surface area contributed by atoms with Crippen molar-refractivity contribution in [3.05, 3.63) is 34.9 Å². The van der Waals surface area contributed by atoms with Crippen molar-refractivity contribution in [3.8, 4) is 0 Å². The summed E-state index contributed by atoms with van der Waals surface area (Å²) in [6.07, 6.45) is 2.70. The molecule has 0 bridgehead atoms. The van der Waals surface area contributed by atoms with Gasteiger partial charge < -0.3 is 15.4 Å². The summed E-state index contributed by atoms with van der Waals surface area (Å²) in [4.78, 5) is 0. The minimum absolute atomic E-state index is 0.242. The van der Waals surface area contributed by atoms with Crippen LogP contribution in [0.5, 0.6) is 0 Å². The monoisotopic (exact) mass is 288 g/mol. The fourth-order valence-electron chi connectivity index (χ4n) is 3.73. The van der Waals surface area contributed by atoms with Gasteiger partial charge in [0.05, 0.1) is 6.10 Å². The van der Waals surface area contributed by atoms with Crippen LogP contribution in [0.4, 0.5) is 0 Å². The SMILES string of the molecule is CCOC1CC(NCc2cccc3c2CCNC3)C1(C)C. The number of rotatable bonds is 5. The Balaban J connectivity index is 1.62. The second-order valence-electron chi connectivity index (χ2n) is 6.92. The summed E-state index contributed by atoms with van der Waals surface area (Å²) >= 11 is 0. The van der Waals surface area contributed by atoms with Crippen LogP contribution in [-0.2, 0) is 24.2 Å². The van der Waals surface area contributed by atoms with Gasteiger partial charge in [0.25, 0.3) is 0 Å². The first kappa shape index (κ1) is 15.0. The molecule has 0 radical (unpaired) electrons. The van der Waals surface area contributed by atoms with Crippen molar-refractivity contribution < 1.29 is 4.74 Å². The van der Waals surface area contributed by atoms with Crippen LogP contribution in [0.3, 0.4) is 0 Å². The van der Waals surface area contributed by atoms with Crippen molar-refractivity contribution in [2.24, 2.45) is 5.41 Å². The average Bonchev–Trinajstić information content (AvgIpc) is 2.50. The summed E-state index contributed by atoms with van der Waals surface area (Å²) in [6, 6.07) is 7.29. The zero-order valence-corrected chi connectivity index (χ0v) is 13.5. The summed E-state index contributed by atoms with van der Waals surface area (Å²) < 4.78 is 5.82. The fourth-order valence-corrected chi connectivity index (χ4v) is 3.73. The second-order valence-corrected chi connectivity index (χ2v) is 6.92. The zero-order valence-electron chi connectivity index (χ0n) is 13.5. The van der Waals surface area contributed by atoms with E-state index in [0.717, 1.165) is 39.1 Å². The van der Waals surface area contributed by atoms with Gasteiger partial charge in [0.2, 0.25) is 0 Å². The third-order valence-corrected chi connectivity index (χ3v) is 5.32. The maximum atomic E-state index is 5.82. The molecule has 2 unspecified atom stereocenters. The van der Waals surface area contributed by atoms with Crippen LogP contribution in [0.25, 0.3) is 0 Å². The number of ether oxygens (including phenoxy) is 1. The molecule has 1 aliphatic carbocycles. The molecule has 2 aliphatic rings. The van der Waals surface area contributed by atoms with Crippen molar-refractivity contribution in [1.29, 1.82) is 0 Å². The summed E-state index contributed by atoms with van der Waals surface area (Å²) in [5, 5.41) is 7.22. The van der Waals surface area contributed by atoms with E-state index in [1.165, 1.54) is 11.1 Å². The predicted octanol–water partition coefficient (Wildman–Crippen LogP) is 2.63. The largest absolute Gasteiger partial charge is 0.378 e. The molecule has 2 atom stereocenters. The van der Waals surface area contributed by atoms with Gasteiger partial charge in [-0.2, -0.15) is 0 Å². The highest BCUT2D eigenvalue weighted by atomic mass is 16.5. The maximum Gasteiger partial charge on any atom is 0.0655 e. The third kappa shape index (κ3) is 2.87. The van der Waals surface area contributed by atoms with Crippen LogP contribution < -0.4 is 10.6 Å². The van der Waals surface area contributed by atoms with Crippen LogP contribution >= 0.6 is 0 Å². The number of hydrogen-bond acceptors (Lipinski definition) is 3. The molecule has 1 aromatic rings. The van der Waals surface area contributed by atoms with Gasteiger partial charge in [-0.25, -0.2) is 0 Å². The lowest BCUT2D eigenvalue weighted by molar-refractivity contribution is -0.114. The van der Waals surface area contributed by atoms with E-state index < -0.39 is 0 Å². The summed E-state index contributed by atoms with van der Waals surface area (Å²) in [5.74, 6) is 0. The lowest BCUT2D eigenvalue weighted by Crippen LogP contribution is -2.60. The van der Waals surface area contributed by atoms with E-state index >= 15 is 0 Å². The van der Waals surface area contributed by atoms with Crippen molar-refractivity contribution in [3.63, 3.8) is 0 Å². The standard InChI is InChI=1S/C18H28N2O/c1-4-21-17-10-16(18(17,2)3)20-12-14-7-5-6-13-11-19-9-8-15(13)14/h5-7,16-17,19-20H,4,8-12H2,1-3H3. The minimum Gasteiger partial charge on any atom is -0.378 e. The van der Waals surface area contributed by atoms with E-state index in [1.54, 1.807) is 5.56 Å². The molecule has 1 fully saturated rings. The molecule has 21 heavy (non-hydrogen) atoms. The molecule has 116 valence electrons. The smallest absolute Gasteiger partial charge is 0.0655 e. The average molecular weight is 288 g/mol. The Labute approximate surface area is 128 Å². The highest BCUT2D eigenvalue weighted by Gasteiger charge is 2.48. The van der Waals surface area contributed by atoms with Gasteiger partial charge in [-0.3, -0.25) is 0 Å². The van der Waals surface area contributed by atoms with E-state index in [9.17, 15) is 0 Å². The Kier molecular flexibility index (Phi) is 4.34. The van der Waals surface area contributed by atoms with Crippen LogP contribution in [0.15, 0.2) is 18.2 Å². The first-order chi connectivity index (χ1) is 10.1. The lowest BCUT2D eigenvalue weighted by Gasteiger charge is -2.52. The minimum atomic E-state index is 0.242. The molecule has 3 heteroatoms. The molecule has 0 spiro atoms. The quantitative estimate of drug-likeness (QED) is 0.874. The summed E-state index contributed by atoms with van der Waals surface area (Å²) in [5.41, 5.74) is 4.75. The number of fused-ring (bicyclic) bond motifs is 1. The molecule has 1 heterocycles. The van der Waals surface area contributed by atoms with E-state index in [2.05, 4.69) is 49.6 Å². The maximum absolute atomic E-state index is 5.82. The highest BCUT2D eigenvalue weighted by Crippen LogP contribution is 2.42.